The van der Waals surface area contributed by atoms with Gasteiger partial charge in [-0.15, -0.1) is 0 Å². The molecule has 0 saturated carbocycles. The van der Waals surface area contributed by atoms with Crippen molar-refractivity contribution in [2.45, 2.75) is 12.8 Å². The summed E-state index contributed by atoms with van der Waals surface area (Å²) in [5.41, 5.74) is 7.67. The van der Waals surface area contributed by atoms with Crippen LogP contribution in [0.1, 0.15) is 24.0 Å². The highest BCUT2D eigenvalue weighted by Gasteiger charge is 2.12. The maximum absolute atomic E-state index is 13.1. The number of rotatable bonds is 3. The molecule has 0 fully saturated rings. The third-order valence-corrected chi connectivity index (χ3v) is 1.87. The number of azide groups is 1. The van der Waals surface area contributed by atoms with Crippen molar-refractivity contribution in [3.8, 4) is 11.8 Å². The average molecular weight is 239 g/mol. The molecule has 0 aromatic heterocycles. The maximum Gasteiger partial charge on any atom is 0.266 e. The smallest absolute Gasteiger partial charge is 0.206 e. The van der Waals surface area contributed by atoms with E-state index in [0.717, 1.165) is 12.1 Å². The van der Waals surface area contributed by atoms with Gasteiger partial charge in [-0.25, -0.2) is 13.2 Å². The molecule has 1 aromatic rings. The molecule has 17 heavy (non-hydrogen) atoms. The number of hydrogen-bond donors (Lipinski definition) is 0. The third kappa shape index (κ3) is 4.09. The first-order valence-electron chi connectivity index (χ1n) is 4.72. The van der Waals surface area contributed by atoms with Gasteiger partial charge in [-0.2, -0.15) is 0 Å². The van der Waals surface area contributed by atoms with Crippen molar-refractivity contribution < 1.29 is 13.2 Å². The highest BCUT2D eigenvalue weighted by Crippen LogP contribution is 2.22. The van der Waals surface area contributed by atoms with Gasteiger partial charge in [0.15, 0.2) is 0 Å². The van der Waals surface area contributed by atoms with Crippen LogP contribution in [-0.2, 0) is 0 Å². The number of nitrogens with zero attached hydrogens (tertiary/aromatic N) is 3. The van der Waals surface area contributed by atoms with E-state index in [9.17, 15) is 13.2 Å². The zero-order chi connectivity index (χ0) is 12.7. The fourth-order valence-electron chi connectivity index (χ4n) is 1.10. The molecule has 3 nitrogen and oxygen atoms in total. The fraction of sp³-hybridized carbons (Fsp3) is 0.273. The van der Waals surface area contributed by atoms with Gasteiger partial charge in [0.1, 0.15) is 5.82 Å². The van der Waals surface area contributed by atoms with Crippen molar-refractivity contribution in [3.05, 3.63) is 45.6 Å². The summed E-state index contributed by atoms with van der Waals surface area (Å²) in [6.45, 7) is 0.223. The molecule has 0 saturated heterocycles. The number of benzene rings is 1. The SMILES string of the molecule is [N-]=[N+]=NCCC#Cc1ccc(C(F)F)c(F)c1. The van der Waals surface area contributed by atoms with E-state index in [-0.39, 0.29) is 6.54 Å². The van der Waals surface area contributed by atoms with Crippen LogP contribution in [0.2, 0.25) is 0 Å². The van der Waals surface area contributed by atoms with Crippen molar-refractivity contribution in [2.24, 2.45) is 5.11 Å². The van der Waals surface area contributed by atoms with E-state index >= 15 is 0 Å². The second-order valence-electron chi connectivity index (χ2n) is 3.04. The summed E-state index contributed by atoms with van der Waals surface area (Å²) in [7, 11) is 0. The highest BCUT2D eigenvalue weighted by atomic mass is 19.3. The van der Waals surface area contributed by atoms with Crippen molar-refractivity contribution >= 4 is 0 Å². The lowest BCUT2D eigenvalue weighted by Gasteiger charge is -2.01. The minimum Gasteiger partial charge on any atom is -0.206 e. The minimum atomic E-state index is -2.83. The molecule has 0 unspecified atom stereocenters. The second kappa shape index (κ2) is 6.46. The Morgan fingerprint density at radius 2 is 2.18 bits per heavy atom. The van der Waals surface area contributed by atoms with Gasteiger partial charge in [0.05, 0.1) is 5.56 Å². The monoisotopic (exact) mass is 239 g/mol. The van der Waals surface area contributed by atoms with Crippen molar-refractivity contribution in [2.75, 3.05) is 6.54 Å². The van der Waals surface area contributed by atoms with Crippen LogP contribution in [0, 0.1) is 17.7 Å². The normalized spacial score (nSPS) is 9.41. The molecule has 1 rings (SSSR count). The van der Waals surface area contributed by atoms with E-state index < -0.39 is 17.8 Å². The lowest BCUT2D eigenvalue weighted by atomic mass is 10.1. The number of alkyl halides is 2. The lowest BCUT2D eigenvalue weighted by molar-refractivity contribution is 0.146. The summed E-state index contributed by atoms with van der Waals surface area (Å²) >= 11 is 0. The molecular weight excluding hydrogens is 231 g/mol. The molecule has 0 heterocycles. The van der Waals surface area contributed by atoms with Gasteiger partial charge in [-0.3, -0.25) is 0 Å². The van der Waals surface area contributed by atoms with Gasteiger partial charge >= 0.3 is 0 Å². The Morgan fingerprint density at radius 1 is 1.41 bits per heavy atom. The first kappa shape index (κ1) is 12.9. The molecule has 0 spiro atoms. The van der Waals surface area contributed by atoms with Crippen LogP contribution in [0.5, 0.6) is 0 Å². The predicted molar refractivity (Wildman–Crippen MR) is 56.9 cm³/mol. The van der Waals surface area contributed by atoms with Crippen LogP contribution < -0.4 is 0 Å². The highest BCUT2D eigenvalue weighted by molar-refractivity contribution is 5.37. The van der Waals surface area contributed by atoms with Gasteiger partial charge in [0, 0.05) is 23.4 Å². The molecule has 6 heteroatoms. The summed E-state index contributed by atoms with van der Waals surface area (Å²) in [5.74, 6) is 4.27. The largest absolute Gasteiger partial charge is 0.266 e. The Balaban J connectivity index is 2.73. The fourth-order valence-corrected chi connectivity index (χ4v) is 1.10. The lowest BCUT2D eigenvalue weighted by Crippen LogP contribution is -1.91. The Kier molecular flexibility index (Phi) is 4.92. The molecule has 0 amide bonds. The van der Waals surface area contributed by atoms with Gasteiger partial charge in [-0.1, -0.05) is 17.0 Å². The van der Waals surface area contributed by atoms with E-state index in [0.29, 0.717) is 12.0 Å². The number of halogens is 3. The van der Waals surface area contributed by atoms with E-state index in [1.165, 1.54) is 6.07 Å². The Bertz CT molecular complexity index is 496. The van der Waals surface area contributed by atoms with Crippen molar-refractivity contribution in [1.29, 1.82) is 0 Å². The van der Waals surface area contributed by atoms with Gasteiger partial charge in [0.2, 0.25) is 0 Å². The molecule has 0 aliphatic rings. The third-order valence-electron chi connectivity index (χ3n) is 1.87. The van der Waals surface area contributed by atoms with Gasteiger partial charge in [-0.05, 0) is 23.7 Å². The molecule has 0 atom stereocenters. The standard InChI is InChI=1S/C11H8F3N3/c12-10-7-8(3-1-2-6-16-17-15)4-5-9(10)11(13)14/h4-5,7,11H,2,6H2. The molecule has 0 N–H and O–H groups in total. The summed E-state index contributed by atoms with van der Waals surface area (Å²) < 4.78 is 37.6. The Morgan fingerprint density at radius 3 is 2.76 bits per heavy atom. The first-order valence-corrected chi connectivity index (χ1v) is 4.72. The van der Waals surface area contributed by atoms with E-state index in [2.05, 4.69) is 21.9 Å². The van der Waals surface area contributed by atoms with Crippen LogP contribution in [0.3, 0.4) is 0 Å². The zero-order valence-corrected chi connectivity index (χ0v) is 8.70. The second-order valence-corrected chi connectivity index (χ2v) is 3.04. The number of hydrogen-bond acceptors (Lipinski definition) is 1. The van der Waals surface area contributed by atoms with Crippen molar-refractivity contribution in [3.63, 3.8) is 0 Å². The van der Waals surface area contributed by atoms with Crippen molar-refractivity contribution in [1.82, 2.24) is 0 Å². The molecule has 0 aliphatic heterocycles. The molecule has 0 radical (unpaired) electrons. The quantitative estimate of drug-likeness (QED) is 0.253. The van der Waals surface area contributed by atoms with Crippen LogP contribution >= 0.6 is 0 Å². The maximum atomic E-state index is 13.1. The van der Waals surface area contributed by atoms with E-state index in [1.807, 2.05) is 0 Å². The zero-order valence-electron chi connectivity index (χ0n) is 8.70. The summed E-state index contributed by atoms with van der Waals surface area (Å²) in [6.07, 6.45) is -2.50. The van der Waals surface area contributed by atoms with Crippen LogP contribution in [0.25, 0.3) is 10.4 Å². The summed E-state index contributed by atoms with van der Waals surface area (Å²) in [6, 6.07) is 3.30. The topological polar surface area (TPSA) is 48.8 Å². The van der Waals surface area contributed by atoms with E-state index in [1.54, 1.807) is 0 Å². The average Bonchev–Trinajstić information content (AvgIpc) is 2.28. The summed E-state index contributed by atoms with van der Waals surface area (Å²) in [4.78, 5) is 2.54. The minimum absolute atomic E-state index is 0.223. The first-order chi connectivity index (χ1) is 8.15. The van der Waals surface area contributed by atoms with Crippen LogP contribution in [0.4, 0.5) is 13.2 Å². The molecule has 88 valence electrons. The van der Waals surface area contributed by atoms with Gasteiger partial charge < -0.3 is 0 Å². The molecule has 0 bridgehead atoms. The summed E-state index contributed by atoms with van der Waals surface area (Å²) in [5, 5.41) is 3.26. The van der Waals surface area contributed by atoms with E-state index in [4.69, 9.17) is 5.53 Å². The molecule has 0 aliphatic carbocycles. The Labute approximate surface area is 95.9 Å². The van der Waals surface area contributed by atoms with Gasteiger partial charge in [0.25, 0.3) is 6.43 Å². The predicted octanol–water partition coefficient (Wildman–Crippen LogP) is 3.82. The molecule has 1 aromatic carbocycles. The van der Waals surface area contributed by atoms with Crippen LogP contribution in [0.15, 0.2) is 23.3 Å². The Hall–Kier alpha value is -2.12. The molecular formula is C11H8F3N3. The van der Waals surface area contributed by atoms with Crippen LogP contribution in [-0.4, -0.2) is 6.54 Å².